The molecule has 8 nitrogen and oxygen atoms in total. The van der Waals surface area contributed by atoms with Crippen LogP contribution in [-0.2, 0) is 11.3 Å². The molecule has 0 unspecified atom stereocenters. The molecule has 24 heavy (non-hydrogen) atoms. The summed E-state index contributed by atoms with van der Waals surface area (Å²) in [6.07, 6.45) is 2.03. The highest BCUT2D eigenvalue weighted by molar-refractivity contribution is 6.14. The Morgan fingerprint density at radius 2 is 2.12 bits per heavy atom. The molecule has 0 atom stereocenters. The van der Waals surface area contributed by atoms with Crippen LogP contribution in [0.1, 0.15) is 18.4 Å². The minimum absolute atomic E-state index is 0.0577. The number of benzene rings is 1. The van der Waals surface area contributed by atoms with Gasteiger partial charge in [-0.15, -0.1) is 5.10 Å². The van der Waals surface area contributed by atoms with Gasteiger partial charge in [-0.05, 0) is 25.0 Å². The number of nitrogens with one attached hydrogen (secondary N) is 1. The van der Waals surface area contributed by atoms with Crippen LogP contribution in [-0.4, -0.2) is 45.2 Å². The zero-order chi connectivity index (χ0) is 16.3. The van der Waals surface area contributed by atoms with Gasteiger partial charge in [0, 0.05) is 18.2 Å². The standard InChI is InChI=1S/C16H16N6O2/c23-13(18-10-5-6-10)9-21-16(24)22-12-4-2-1-3-11(12)14-17-7-8-20(14)15(22)19-21/h1-4,10H,5-9H2,(H,18,23). The van der Waals surface area contributed by atoms with E-state index >= 15 is 0 Å². The first-order chi connectivity index (χ1) is 11.7. The summed E-state index contributed by atoms with van der Waals surface area (Å²) in [6.45, 7) is 1.30. The van der Waals surface area contributed by atoms with E-state index in [-0.39, 0.29) is 24.2 Å². The van der Waals surface area contributed by atoms with Gasteiger partial charge in [-0.3, -0.25) is 14.7 Å². The van der Waals surface area contributed by atoms with Gasteiger partial charge in [-0.2, -0.15) is 0 Å². The van der Waals surface area contributed by atoms with Crippen LogP contribution in [0.4, 0.5) is 5.95 Å². The van der Waals surface area contributed by atoms with Crippen molar-refractivity contribution in [3.05, 3.63) is 40.3 Å². The first-order valence-corrected chi connectivity index (χ1v) is 8.13. The average molecular weight is 324 g/mol. The summed E-state index contributed by atoms with van der Waals surface area (Å²) in [4.78, 5) is 31.4. The van der Waals surface area contributed by atoms with Crippen molar-refractivity contribution >= 4 is 17.7 Å². The molecule has 1 fully saturated rings. The molecule has 1 aromatic carbocycles. The van der Waals surface area contributed by atoms with Crippen molar-refractivity contribution in [2.75, 3.05) is 18.0 Å². The third kappa shape index (κ3) is 1.92. The Morgan fingerprint density at radius 1 is 1.29 bits per heavy atom. The van der Waals surface area contributed by atoms with Crippen molar-refractivity contribution in [1.82, 2.24) is 19.7 Å². The molecular weight excluding hydrogens is 308 g/mol. The van der Waals surface area contributed by atoms with Gasteiger partial charge in [0.2, 0.25) is 11.9 Å². The molecule has 0 spiro atoms. The summed E-state index contributed by atoms with van der Waals surface area (Å²) in [6, 6.07) is 7.93. The van der Waals surface area contributed by atoms with Crippen molar-refractivity contribution in [3.8, 4) is 5.69 Å². The Balaban J connectivity index is 1.60. The summed E-state index contributed by atoms with van der Waals surface area (Å²) >= 11 is 0. The molecule has 2 aliphatic heterocycles. The van der Waals surface area contributed by atoms with Gasteiger partial charge in [0.05, 0.1) is 12.2 Å². The van der Waals surface area contributed by atoms with Crippen LogP contribution < -0.4 is 15.9 Å². The number of rotatable bonds is 3. The van der Waals surface area contributed by atoms with E-state index in [1.165, 1.54) is 4.68 Å². The number of hydrogen-bond donors (Lipinski definition) is 1. The van der Waals surface area contributed by atoms with Crippen LogP contribution in [0.15, 0.2) is 34.1 Å². The molecule has 1 saturated carbocycles. The molecule has 1 aromatic heterocycles. The number of para-hydroxylation sites is 1. The molecule has 122 valence electrons. The second-order valence-electron chi connectivity index (χ2n) is 6.29. The Kier molecular flexibility index (Phi) is 2.70. The molecule has 8 heteroatoms. The Hall–Kier alpha value is -2.90. The number of hydrogen-bond acceptors (Lipinski definition) is 5. The van der Waals surface area contributed by atoms with Crippen LogP contribution in [0.3, 0.4) is 0 Å². The number of fused-ring (bicyclic) bond motifs is 6. The number of aliphatic imine (C=N–C) groups is 1. The average Bonchev–Trinajstić information content (AvgIpc) is 3.14. The highest BCUT2D eigenvalue weighted by Crippen LogP contribution is 2.29. The van der Waals surface area contributed by atoms with Gasteiger partial charge in [0.15, 0.2) is 0 Å². The Labute approximate surface area is 137 Å². The minimum Gasteiger partial charge on any atom is -0.352 e. The summed E-state index contributed by atoms with van der Waals surface area (Å²) in [5.74, 6) is 1.21. The van der Waals surface area contributed by atoms with E-state index < -0.39 is 0 Å². The molecule has 1 amide bonds. The van der Waals surface area contributed by atoms with Gasteiger partial charge >= 0.3 is 5.69 Å². The lowest BCUT2D eigenvalue weighted by Gasteiger charge is -2.26. The van der Waals surface area contributed by atoms with Gasteiger partial charge in [0.1, 0.15) is 12.4 Å². The maximum Gasteiger partial charge on any atom is 0.352 e. The van der Waals surface area contributed by atoms with E-state index in [2.05, 4.69) is 15.4 Å². The van der Waals surface area contributed by atoms with Crippen LogP contribution in [0.5, 0.6) is 0 Å². The van der Waals surface area contributed by atoms with Crippen molar-refractivity contribution in [3.63, 3.8) is 0 Å². The molecule has 1 N–H and O–H groups in total. The van der Waals surface area contributed by atoms with Crippen molar-refractivity contribution in [2.24, 2.45) is 4.99 Å². The Bertz CT molecular complexity index is 936. The summed E-state index contributed by atoms with van der Waals surface area (Å²) < 4.78 is 2.81. The normalized spacial score (nSPS) is 17.8. The van der Waals surface area contributed by atoms with E-state index in [1.807, 2.05) is 29.2 Å². The van der Waals surface area contributed by atoms with Crippen LogP contribution in [0.2, 0.25) is 0 Å². The predicted octanol–water partition coefficient (Wildman–Crippen LogP) is -0.107. The first kappa shape index (κ1) is 13.5. The van der Waals surface area contributed by atoms with Crippen molar-refractivity contribution in [2.45, 2.75) is 25.4 Å². The van der Waals surface area contributed by atoms with E-state index in [4.69, 9.17) is 0 Å². The topological polar surface area (TPSA) is 84.5 Å². The zero-order valence-corrected chi connectivity index (χ0v) is 13.0. The van der Waals surface area contributed by atoms with Gasteiger partial charge in [-0.1, -0.05) is 12.1 Å². The lowest BCUT2D eigenvalue weighted by atomic mass is 10.1. The second-order valence-corrected chi connectivity index (χ2v) is 6.29. The van der Waals surface area contributed by atoms with Gasteiger partial charge in [-0.25, -0.2) is 14.0 Å². The summed E-state index contributed by atoms with van der Waals surface area (Å²) in [5.41, 5.74) is 1.39. The van der Waals surface area contributed by atoms with Crippen molar-refractivity contribution in [1.29, 1.82) is 0 Å². The molecule has 3 aliphatic rings. The lowest BCUT2D eigenvalue weighted by Crippen LogP contribution is -2.38. The maximum absolute atomic E-state index is 12.8. The quantitative estimate of drug-likeness (QED) is 0.854. The largest absolute Gasteiger partial charge is 0.352 e. The summed E-state index contributed by atoms with van der Waals surface area (Å²) in [7, 11) is 0. The maximum atomic E-state index is 12.8. The fraction of sp³-hybridized carbons (Fsp3) is 0.375. The number of amidine groups is 1. The third-order valence-electron chi connectivity index (χ3n) is 4.53. The molecular formula is C16H16N6O2. The molecule has 3 heterocycles. The number of carbonyl (C=O) groups is 1. The number of anilines is 1. The van der Waals surface area contributed by atoms with E-state index in [0.717, 1.165) is 29.9 Å². The number of amides is 1. The number of nitrogens with zero attached hydrogens (tertiary/aromatic N) is 5. The smallest absolute Gasteiger partial charge is 0.352 e. The SMILES string of the molecule is O=C(Cn1nc2n(c1=O)-c1ccccc1C1=NCCN12)NC1CC1. The fourth-order valence-electron chi connectivity index (χ4n) is 3.25. The minimum atomic E-state index is -0.297. The molecule has 0 saturated heterocycles. The number of aromatic nitrogens is 3. The van der Waals surface area contributed by atoms with E-state index in [1.54, 1.807) is 4.57 Å². The molecule has 1 aliphatic carbocycles. The van der Waals surface area contributed by atoms with E-state index in [9.17, 15) is 9.59 Å². The third-order valence-corrected chi connectivity index (χ3v) is 4.53. The highest BCUT2D eigenvalue weighted by atomic mass is 16.2. The molecule has 0 radical (unpaired) electrons. The van der Waals surface area contributed by atoms with Crippen molar-refractivity contribution < 1.29 is 4.79 Å². The highest BCUT2D eigenvalue weighted by Gasteiger charge is 2.34. The fourth-order valence-corrected chi connectivity index (χ4v) is 3.25. The predicted molar refractivity (Wildman–Crippen MR) is 87.7 cm³/mol. The van der Waals surface area contributed by atoms with Gasteiger partial charge in [0.25, 0.3) is 0 Å². The second kappa shape index (κ2) is 4.80. The van der Waals surface area contributed by atoms with Crippen LogP contribution >= 0.6 is 0 Å². The molecule has 2 aromatic rings. The summed E-state index contributed by atoms with van der Waals surface area (Å²) in [5, 5.41) is 7.30. The molecule has 5 rings (SSSR count). The number of carbonyl (C=O) groups excluding carboxylic acids is 1. The van der Waals surface area contributed by atoms with Crippen LogP contribution in [0, 0.1) is 0 Å². The first-order valence-electron chi connectivity index (χ1n) is 8.13. The van der Waals surface area contributed by atoms with Gasteiger partial charge < -0.3 is 5.32 Å². The molecule has 0 bridgehead atoms. The zero-order valence-electron chi connectivity index (χ0n) is 13.0. The lowest BCUT2D eigenvalue weighted by molar-refractivity contribution is -0.122. The Morgan fingerprint density at radius 3 is 2.96 bits per heavy atom. The van der Waals surface area contributed by atoms with Crippen LogP contribution in [0.25, 0.3) is 5.69 Å². The van der Waals surface area contributed by atoms with E-state index in [0.29, 0.717) is 19.0 Å². The monoisotopic (exact) mass is 324 g/mol.